The summed E-state index contributed by atoms with van der Waals surface area (Å²) in [4.78, 5) is 17.6. The normalized spacial score (nSPS) is 15.0. The average molecular weight is 505 g/mol. The van der Waals surface area contributed by atoms with Crippen molar-refractivity contribution in [1.82, 2.24) is 9.71 Å². The van der Waals surface area contributed by atoms with Crippen molar-refractivity contribution < 1.29 is 14.6 Å². The van der Waals surface area contributed by atoms with Crippen LogP contribution in [0.4, 0.5) is 0 Å². The lowest BCUT2D eigenvalue weighted by Crippen LogP contribution is -2.50. The summed E-state index contributed by atoms with van der Waals surface area (Å²) in [6, 6.07) is 18.0. The molecule has 0 radical (unpaired) electrons. The number of halogens is 2. The number of aromatic nitrogens is 1. The van der Waals surface area contributed by atoms with E-state index in [4.69, 9.17) is 32.9 Å². The molecule has 3 atom stereocenters. The first-order valence-corrected chi connectivity index (χ1v) is 11.7. The van der Waals surface area contributed by atoms with Crippen LogP contribution in [0, 0.1) is 17.3 Å². The minimum Gasteiger partial charge on any atom is -0.481 e. The number of nitrogens with one attached hydrogen (secondary N) is 1. The largest absolute Gasteiger partial charge is 0.481 e. The summed E-state index contributed by atoms with van der Waals surface area (Å²) < 4.78 is 9.04. The second-order valence-electron chi connectivity index (χ2n) is 8.19. The second kappa shape index (κ2) is 10.8. The first kappa shape index (κ1) is 25.4. The molecule has 1 heterocycles. The fraction of sp³-hybridized carbons (Fsp3) is 0.280. The van der Waals surface area contributed by atoms with Gasteiger partial charge in [0.25, 0.3) is 0 Å². The van der Waals surface area contributed by atoms with Gasteiger partial charge in [0.15, 0.2) is 0 Å². The van der Waals surface area contributed by atoms with Crippen LogP contribution in [-0.2, 0) is 4.79 Å². The fourth-order valence-electron chi connectivity index (χ4n) is 4.44. The smallest absolute Gasteiger partial charge is 0.312 e. The monoisotopic (exact) mass is 504 g/mol. The molecule has 0 saturated carbocycles. The number of nitrogens with zero attached hydrogens (tertiary/aromatic N) is 1. The zero-order chi connectivity index (χ0) is 24.2. The third kappa shape index (κ3) is 5.14. The van der Waals surface area contributed by atoms with Crippen molar-refractivity contribution in [3.8, 4) is 11.6 Å². The van der Waals surface area contributed by atoms with E-state index in [0.717, 1.165) is 10.8 Å². The maximum Gasteiger partial charge on any atom is 0.312 e. The van der Waals surface area contributed by atoms with Crippen LogP contribution < -0.4 is 9.46 Å². The van der Waals surface area contributed by atoms with E-state index in [1.807, 2.05) is 74.5 Å². The number of allylic oxidation sites excluding steroid dienone is 1. The number of thiol groups is 1. The number of ether oxygens (including phenoxy) is 1. The Hall–Kier alpha value is -2.25. The van der Waals surface area contributed by atoms with Gasteiger partial charge in [-0.05, 0) is 41.5 Å². The molecule has 2 aromatic carbocycles. The van der Waals surface area contributed by atoms with E-state index in [0.29, 0.717) is 17.3 Å². The van der Waals surface area contributed by atoms with E-state index >= 15 is 0 Å². The van der Waals surface area contributed by atoms with Crippen molar-refractivity contribution in [2.45, 2.75) is 26.8 Å². The summed E-state index contributed by atoms with van der Waals surface area (Å²) in [5, 5.41) is 12.2. The number of hydrogen-bond donors (Lipinski definition) is 3. The van der Waals surface area contributed by atoms with Gasteiger partial charge < -0.3 is 9.84 Å². The number of carboxylic acids is 1. The SMILES string of the molecule is CC(C)C(C(=O)O)(C(C)C=C(Cl)Cl)C(NS)c1cc2ccccc2c(Oc2ccccc2)n1. The third-order valence-electron chi connectivity index (χ3n) is 6.04. The van der Waals surface area contributed by atoms with Crippen molar-refractivity contribution in [3.05, 3.63) is 76.9 Å². The molecule has 3 aromatic rings. The molecule has 0 bridgehead atoms. The minimum absolute atomic E-state index is 0.00580. The molecule has 0 aliphatic carbocycles. The van der Waals surface area contributed by atoms with Crippen molar-refractivity contribution in [2.75, 3.05) is 0 Å². The van der Waals surface area contributed by atoms with Gasteiger partial charge in [-0.3, -0.25) is 9.52 Å². The fourth-order valence-corrected chi connectivity index (χ4v) is 5.17. The van der Waals surface area contributed by atoms with E-state index < -0.39 is 23.3 Å². The minimum atomic E-state index is -1.36. The number of carboxylic acid groups (broad SMARTS) is 1. The molecule has 0 aliphatic heterocycles. The Balaban J connectivity index is 2.25. The van der Waals surface area contributed by atoms with Crippen LogP contribution in [0.5, 0.6) is 11.6 Å². The molecular weight excluding hydrogens is 479 g/mol. The quantitative estimate of drug-likeness (QED) is 0.269. The molecule has 5 nitrogen and oxygen atoms in total. The summed E-state index contributed by atoms with van der Waals surface area (Å²) in [5.41, 5.74) is -0.882. The Bertz CT molecular complexity index is 1150. The standard InChI is InChI=1S/C25H26Cl2N2O3S/c1-15(2)25(24(30)31,16(3)13-21(26)27)22(29-33)20-14-17-9-7-8-12-19(17)23(28-20)32-18-10-5-4-6-11-18/h4-16,22,29,33H,1-3H3,(H,30,31). The summed E-state index contributed by atoms with van der Waals surface area (Å²) in [6.45, 7) is 5.47. The highest BCUT2D eigenvalue weighted by molar-refractivity contribution is 7.78. The maximum absolute atomic E-state index is 12.9. The van der Waals surface area contributed by atoms with Gasteiger partial charge in [0, 0.05) is 5.39 Å². The topological polar surface area (TPSA) is 71.5 Å². The first-order valence-electron chi connectivity index (χ1n) is 10.5. The van der Waals surface area contributed by atoms with Gasteiger partial charge in [-0.15, -0.1) is 0 Å². The molecule has 0 aliphatic rings. The maximum atomic E-state index is 12.9. The number of aliphatic carboxylic acids is 1. The van der Waals surface area contributed by atoms with Crippen LogP contribution in [0.1, 0.15) is 32.5 Å². The zero-order valence-corrected chi connectivity index (χ0v) is 20.9. The molecule has 3 rings (SSSR count). The lowest BCUT2D eigenvalue weighted by Gasteiger charge is -2.43. The Morgan fingerprint density at radius 3 is 2.33 bits per heavy atom. The lowest BCUT2D eigenvalue weighted by atomic mass is 9.62. The number of hydrogen-bond acceptors (Lipinski definition) is 5. The van der Waals surface area contributed by atoms with Crippen LogP contribution in [0.15, 0.2) is 71.2 Å². The average Bonchev–Trinajstić information content (AvgIpc) is 2.76. The van der Waals surface area contributed by atoms with Crippen LogP contribution in [0.25, 0.3) is 10.8 Å². The van der Waals surface area contributed by atoms with Gasteiger partial charge in [-0.2, -0.15) is 0 Å². The van der Waals surface area contributed by atoms with E-state index in [2.05, 4.69) is 17.5 Å². The van der Waals surface area contributed by atoms with Crippen LogP contribution in [0.2, 0.25) is 0 Å². The summed E-state index contributed by atoms with van der Waals surface area (Å²) in [7, 11) is 0. The van der Waals surface area contributed by atoms with Crippen LogP contribution >= 0.6 is 36.0 Å². The summed E-state index contributed by atoms with van der Waals surface area (Å²) in [6.07, 6.45) is 1.54. The van der Waals surface area contributed by atoms with E-state index in [1.54, 1.807) is 6.92 Å². The van der Waals surface area contributed by atoms with Crippen molar-refractivity contribution in [2.24, 2.45) is 17.3 Å². The predicted molar refractivity (Wildman–Crippen MR) is 137 cm³/mol. The molecule has 1 aromatic heterocycles. The summed E-state index contributed by atoms with van der Waals surface area (Å²) in [5.74, 6) is -0.879. The van der Waals surface area contributed by atoms with Gasteiger partial charge >= 0.3 is 5.97 Å². The molecule has 3 unspecified atom stereocenters. The lowest BCUT2D eigenvalue weighted by molar-refractivity contribution is -0.157. The Morgan fingerprint density at radius 1 is 1.12 bits per heavy atom. The van der Waals surface area contributed by atoms with E-state index in [-0.39, 0.29) is 10.4 Å². The van der Waals surface area contributed by atoms with E-state index in [1.165, 1.54) is 6.08 Å². The Labute approximate surface area is 209 Å². The highest BCUT2D eigenvalue weighted by Gasteiger charge is 2.53. The molecule has 0 spiro atoms. The van der Waals surface area contributed by atoms with Crippen LogP contribution in [-0.4, -0.2) is 16.1 Å². The molecule has 0 fully saturated rings. The molecule has 0 amide bonds. The predicted octanol–water partition coefficient (Wildman–Crippen LogP) is 7.18. The van der Waals surface area contributed by atoms with Crippen molar-refractivity contribution in [3.63, 3.8) is 0 Å². The number of para-hydroxylation sites is 1. The highest BCUT2D eigenvalue weighted by Crippen LogP contribution is 2.49. The van der Waals surface area contributed by atoms with Gasteiger partial charge in [-0.1, -0.05) is 99.3 Å². The van der Waals surface area contributed by atoms with Gasteiger partial charge in [-0.25, -0.2) is 4.98 Å². The molecule has 2 N–H and O–H groups in total. The number of carbonyl (C=O) groups is 1. The van der Waals surface area contributed by atoms with Crippen molar-refractivity contribution >= 4 is 52.8 Å². The summed E-state index contributed by atoms with van der Waals surface area (Å²) >= 11 is 16.2. The Morgan fingerprint density at radius 2 is 1.76 bits per heavy atom. The molecule has 0 saturated heterocycles. The van der Waals surface area contributed by atoms with Gasteiger partial charge in [0.2, 0.25) is 5.88 Å². The van der Waals surface area contributed by atoms with Crippen molar-refractivity contribution in [1.29, 1.82) is 0 Å². The number of benzene rings is 2. The second-order valence-corrected chi connectivity index (χ2v) is 9.45. The zero-order valence-electron chi connectivity index (χ0n) is 18.5. The highest BCUT2D eigenvalue weighted by atomic mass is 35.5. The molecule has 174 valence electrons. The first-order chi connectivity index (χ1) is 15.7. The van der Waals surface area contributed by atoms with E-state index in [9.17, 15) is 9.90 Å². The van der Waals surface area contributed by atoms with Gasteiger partial charge in [0.1, 0.15) is 10.2 Å². The van der Waals surface area contributed by atoms with Gasteiger partial charge in [0.05, 0.1) is 17.2 Å². The molecule has 33 heavy (non-hydrogen) atoms. The Kier molecular flexibility index (Phi) is 8.29. The molecule has 8 heteroatoms. The number of rotatable bonds is 9. The molecular formula is C25H26Cl2N2O3S. The number of fused-ring (bicyclic) bond motifs is 1. The number of pyridine rings is 1. The van der Waals surface area contributed by atoms with Crippen LogP contribution in [0.3, 0.4) is 0 Å². The third-order valence-corrected chi connectivity index (χ3v) is 6.55.